The molecule has 3 heteroatoms. The van der Waals surface area contributed by atoms with E-state index in [1.807, 2.05) is 12.4 Å². The molecule has 2 rings (SSSR count). The van der Waals surface area contributed by atoms with Crippen LogP contribution in [0.15, 0.2) is 22.9 Å². The lowest BCUT2D eigenvalue weighted by Crippen LogP contribution is -2.28. The number of halogens is 1. The molecule has 2 nitrogen and oxygen atoms in total. The Balaban J connectivity index is 2.13. The molecular weight excluding hydrogens is 240 g/mol. The van der Waals surface area contributed by atoms with E-state index in [1.165, 1.54) is 31.4 Å². The SMILES string of the molecule is CN(c1cncc(Br)c1)C1CCCC1. The Labute approximate surface area is 93.5 Å². The molecule has 0 N–H and O–H groups in total. The van der Waals surface area contributed by atoms with Crippen molar-refractivity contribution in [2.75, 3.05) is 11.9 Å². The smallest absolute Gasteiger partial charge is 0.0563 e. The van der Waals surface area contributed by atoms with E-state index >= 15 is 0 Å². The summed E-state index contributed by atoms with van der Waals surface area (Å²) in [7, 11) is 2.17. The first-order valence-corrected chi connectivity index (χ1v) is 5.90. The fourth-order valence-corrected chi connectivity index (χ4v) is 2.45. The van der Waals surface area contributed by atoms with Crippen molar-refractivity contribution < 1.29 is 0 Å². The fourth-order valence-electron chi connectivity index (χ4n) is 2.10. The first-order chi connectivity index (χ1) is 6.77. The minimum absolute atomic E-state index is 0.714. The molecule has 0 aromatic carbocycles. The number of rotatable bonds is 2. The van der Waals surface area contributed by atoms with E-state index < -0.39 is 0 Å². The normalized spacial score (nSPS) is 17.3. The largest absolute Gasteiger partial charge is 0.370 e. The van der Waals surface area contributed by atoms with Gasteiger partial charge in [0.1, 0.15) is 0 Å². The predicted octanol–water partition coefficient (Wildman–Crippen LogP) is 3.22. The molecule has 1 aliphatic rings. The first kappa shape index (κ1) is 9.97. The highest BCUT2D eigenvalue weighted by Crippen LogP contribution is 2.27. The van der Waals surface area contributed by atoms with Crippen molar-refractivity contribution in [2.24, 2.45) is 0 Å². The highest BCUT2D eigenvalue weighted by Gasteiger charge is 2.19. The summed E-state index contributed by atoms with van der Waals surface area (Å²) in [6, 6.07) is 2.84. The van der Waals surface area contributed by atoms with Crippen LogP contribution in [0, 0.1) is 0 Å². The zero-order valence-electron chi connectivity index (χ0n) is 8.41. The van der Waals surface area contributed by atoms with Crippen LogP contribution in [0.4, 0.5) is 5.69 Å². The van der Waals surface area contributed by atoms with E-state index in [-0.39, 0.29) is 0 Å². The van der Waals surface area contributed by atoms with Crippen LogP contribution in [0.3, 0.4) is 0 Å². The molecule has 1 aliphatic carbocycles. The number of hydrogen-bond donors (Lipinski definition) is 0. The molecule has 1 saturated carbocycles. The van der Waals surface area contributed by atoms with E-state index in [4.69, 9.17) is 0 Å². The molecule has 1 fully saturated rings. The van der Waals surface area contributed by atoms with Gasteiger partial charge >= 0.3 is 0 Å². The van der Waals surface area contributed by atoms with Crippen LogP contribution < -0.4 is 4.90 Å². The summed E-state index contributed by atoms with van der Waals surface area (Å²) in [5.41, 5.74) is 1.21. The summed E-state index contributed by atoms with van der Waals surface area (Å²) in [5.74, 6) is 0. The average molecular weight is 255 g/mol. The molecule has 0 saturated heterocycles. The van der Waals surface area contributed by atoms with Gasteiger partial charge in [0.2, 0.25) is 0 Å². The van der Waals surface area contributed by atoms with Gasteiger partial charge in [-0.1, -0.05) is 12.8 Å². The maximum Gasteiger partial charge on any atom is 0.0563 e. The molecule has 0 unspecified atom stereocenters. The second kappa shape index (κ2) is 4.30. The maximum atomic E-state index is 4.19. The van der Waals surface area contributed by atoms with Crippen LogP contribution in [0.25, 0.3) is 0 Å². The van der Waals surface area contributed by atoms with Crippen LogP contribution in [0.1, 0.15) is 25.7 Å². The molecule has 0 bridgehead atoms. The Hall–Kier alpha value is -0.570. The van der Waals surface area contributed by atoms with Gasteiger partial charge in [-0.25, -0.2) is 0 Å². The number of aromatic nitrogens is 1. The van der Waals surface area contributed by atoms with Crippen LogP contribution in [-0.4, -0.2) is 18.1 Å². The van der Waals surface area contributed by atoms with Crippen molar-refractivity contribution in [1.82, 2.24) is 4.98 Å². The lowest BCUT2D eigenvalue weighted by molar-refractivity contribution is 0.652. The number of anilines is 1. The van der Waals surface area contributed by atoms with Crippen LogP contribution in [0.2, 0.25) is 0 Å². The summed E-state index contributed by atoms with van der Waals surface area (Å²) in [5, 5.41) is 0. The Morgan fingerprint density at radius 2 is 2.07 bits per heavy atom. The van der Waals surface area contributed by atoms with Gasteiger partial charge in [-0.05, 0) is 34.8 Å². The molecule has 0 radical (unpaired) electrons. The van der Waals surface area contributed by atoms with E-state index in [1.54, 1.807) is 0 Å². The average Bonchev–Trinajstić information content (AvgIpc) is 2.69. The zero-order chi connectivity index (χ0) is 9.97. The maximum absolute atomic E-state index is 4.19. The molecule has 76 valence electrons. The third-order valence-corrected chi connectivity index (χ3v) is 3.40. The van der Waals surface area contributed by atoms with E-state index in [0.717, 1.165) is 4.47 Å². The van der Waals surface area contributed by atoms with Crippen molar-refractivity contribution in [3.05, 3.63) is 22.9 Å². The molecule has 14 heavy (non-hydrogen) atoms. The minimum atomic E-state index is 0.714. The standard InChI is InChI=1S/C11H15BrN2/c1-14(10-4-2-3-5-10)11-6-9(12)7-13-8-11/h6-8,10H,2-5H2,1H3. The minimum Gasteiger partial charge on any atom is -0.370 e. The molecule has 0 atom stereocenters. The van der Waals surface area contributed by atoms with Crippen LogP contribution in [0.5, 0.6) is 0 Å². The predicted molar refractivity (Wildman–Crippen MR) is 62.6 cm³/mol. The first-order valence-electron chi connectivity index (χ1n) is 5.11. The number of nitrogens with zero attached hydrogens (tertiary/aromatic N) is 2. The van der Waals surface area contributed by atoms with Crippen LogP contribution >= 0.6 is 15.9 Å². The van der Waals surface area contributed by atoms with Gasteiger partial charge in [-0.15, -0.1) is 0 Å². The summed E-state index contributed by atoms with van der Waals surface area (Å²) in [6.45, 7) is 0. The van der Waals surface area contributed by atoms with E-state index in [9.17, 15) is 0 Å². The second-order valence-electron chi connectivity index (χ2n) is 3.91. The second-order valence-corrected chi connectivity index (χ2v) is 4.83. The fraction of sp³-hybridized carbons (Fsp3) is 0.545. The van der Waals surface area contributed by atoms with Gasteiger partial charge < -0.3 is 4.90 Å². The zero-order valence-corrected chi connectivity index (χ0v) is 10.00. The summed E-state index contributed by atoms with van der Waals surface area (Å²) >= 11 is 3.45. The Kier molecular flexibility index (Phi) is 3.06. The molecular formula is C11H15BrN2. The molecule has 1 aromatic heterocycles. The lowest BCUT2D eigenvalue weighted by Gasteiger charge is -2.26. The van der Waals surface area contributed by atoms with Gasteiger partial charge in [0.25, 0.3) is 0 Å². The third-order valence-electron chi connectivity index (χ3n) is 2.97. The van der Waals surface area contributed by atoms with Gasteiger partial charge in [0.15, 0.2) is 0 Å². The number of hydrogen-bond acceptors (Lipinski definition) is 2. The third kappa shape index (κ3) is 2.08. The Morgan fingerprint density at radius 3 is 2.71 bits per heavy atom. The monoisotopic (exact) mass is 254 g/mol. The number of pyridine rings is 1. The van der Waals surface area contributed by atoms with Gasteiger partial charge in [-0.2, -0.15) is 0 Å². The Bertz CT molecular complexity index is 308. The summed E-state index contributed by atoms with van der Waals surface area (Å²) < 4.78 is 1.06. The van der Waals surface area contributed by atoms with Gasteiger partial charge in [0, 0.05) is 23.8 Å². The molecule has 1 heterocycles. The molecule has 0 amide bonds. The van der Waals surface area contributed by atoms with Crippen molar-refractivity contribution in [2.45, 2.75) is 31.7 Å². The summed E-state index contributed by atoms with van der Waals surface area (Å²) in [4.78, 5) is 6.54. The quantitative estimate of drug-likeness (QED) is 0.806. The van der Waals surface area contributed by atoms with Crippen molar-refractivity contribution in [3.8, 4) is 0 Å². The van der Waals surface area contributed by atoms with Crippen LogP contribution in [-0.2, 0) is 0 Å². The molecule has 0 spiro atoms. The highest BCUT2D eigenvalue weighted by molar-refractivity contribution is 9.10. The van der Waals surface area contributed by atoms with E-state index in [2.05, 4.69) is 38.9 Å². The molecule has 1 aromatic rings. The van der Waals surface area contributed by atoms with Crippen molar-refractivity contribution in [3.63, 3.8) is 0 Å². The summed E-state index contributed by atoms with van der Waals surface area (Å²) in [6.07, 6.45) is 9.15. The molecule has 0 aliphatic heterocycles. The van der Waals surface area contributed by atoms with E-state index in [0.29, 0.717) is 6.04 Å². The van der Waals surface area contributed by atoms with Crippen molar-refractivity contribution >= 4 is 21.6 Å². The lowest BCUT2D eigenvalue weighted by atomic mass is 10.2. The van der Waals surface area contributed by atoms with Gasteiger partial charge in [0.05, 0.1) is 11.9 Å². The van der Waals surface area contributed by atoms with Crippen molar-refractivity contribution in [1.29, 1.82) is 0 Å². The van der Waals surface area contributed by atoms with Gasteiger partial charge in [-0.3, -0.25) is 4.98 Å². The highest BCUT2D eigenvalue weighted by atomic mass is 79.9. The topological polar surface area (TPSA) is 16.1 Å². The Morgan fingerprint density at radius 1 is 1.36 bits per heavy atom.